The first-order chi connectivity index (χ1) is 20.7. The third-order valence-corrected chi connectivity index (χ3v) is 10.2. The molecule has 14 heteroatoms. The molecule has 4 rings (SSSR count). The SMILES string of the molecule is C[C@@H](C(=O)NC1CCCC1)N(Cc1c(Cl)cccc1Cl)C(=O)CN(c1ccc(Cl)c(C(F)(F)F)c1)S(=O)(=O)c1ccccc1. The number of carbonyl (C=O) groups is 2. The lowest BCUT2D eigenvalue weighted by molar-refractivity contribution is -0.139. The average molecular weight is 691 g/mol. The Morgan fingerprint density at radius 1 is 0.932 bits per heavy atom. The van der Waals surface area contributed by atoms with Crippen LogP contribution in [0.25, 0.3) is 0 Å². The molecule has 2 amide bonds. The minimum atomic E-state index is -4.90. The summed E-state index contributed by atoms with van der Waals surface area (Å²) in [6.07, 6.45) is -1.44. The summed E-state index contributed by atoms with van der Waals surface area (Å²) in [5, 5.41) is 2.70. The Hall–Kier alpha value is -2.99. The normalized spacial score (nSPS) is 14.7. The van der Waals surface area contributed by atoms with Gasteiger partial charge in [0.1, 0.15) is 12.6 Å². The van der Waals surface area contributed by atoms with Crippen molar-refractivity contribution in [3.63, 3.8) is 0 Å². The first-order valence-electron chi connectivity index (χ1n) is 13.7. The van der Waals surface area contributed by atoms with Crippen molar-refractivity contribution >= 4 is 62.3 Å². The predicted molar refractivity (Wildman–Crippen MR) is 164 cm³/mol. The molecule has 236 valence electrons. The molecule has 0 radical (unpaired) electrons. The lowest BCUT2D eigenvalue weighted by Crippen LogP contribution is -2.52. The second kappa shape index (κ2) is 14.0. The van der Waals surface area contributed by atoms with E-state index in [4.69, 9.17) is 34.8 Å². The molecule has 0 unspecified atom stereocenters. The summed E-state index contributed by atoms with van der Waals surface area (Å²) in [7, 11) is -4.59. The molecule has 0 aliphatic heterocycles. The third kappa shape index (κ3) is 7.80. The molecule has 0 spiro atoms. The maximum atomic E-state index is 14.1. The highest BCUT2D eigenvalue weighted by atomic mass is 35.5. The topological polar surface area (TPSA) is 86.8 Å². The number of nitrogens with zero attached hydrogens (tertiary/aromatic N) is 2. The van der Waals surface area contributed by atoms with Gasteiger partial charge < -0.3 is 10.2 Å². The van der Waals surface area contributed by atoms with Gasteiger partial charge >= 0.3 is 6.18 Å². The highest BCUT2D eigenvalue weighted by Gasteiger charge is 2.37. The van der Waals surface area contributed by atoms with E-state index >= 15 is 0 Å². The van der Waals surface area contributed by atoms with Gasteiger partial charge in [-0.2, -0.15) is 13.2 Å². The summed E-state index contributed by atoms with van der Waals surface area (Å²) in [5.74, 6) is -1.35. The molecule has 1 atom stereocenters. The van der Waals surface area contributed by atoms with E-state index in [-0.39, 0.29) is 27.5 Å². The summed E-state index contributed by atoms with van der Waals surface area (Å²) in [6.45, 7) is 0.260. The van der Waals surface area contributed by atoms with Crippen LogP contribution in [0, 0.1) is 0 Å². The van der Waals surface area contributed by atoms with Crippen molar-refractivity contribution in [2.24, 2.45) is 0 Å². The minimum Gasteiger partial charge on any atom is -0.352 e. The number of hydrogen-bond donors (Lipinski definition) is 1. The van der Waals surface area contributed by atoms with E-state index in [1.165, 1.54) is 31.2 Å². The van der Waals surface area contributed by atoms with Gasteiger partial charge in [0.25, 0.3) is 10.0 Å². The van der Waals surface area contributed by atoms with Crippen LogP contribution in [-0.4, -0.2) is 43.8 Å². The van der Waals surface area contributed by atoms with Crippen LogP contribution < -0.4 is 9.62 Å². The molecular weight excluding hydrogens is 662 g/mol. The molecule has 7 nitrogen and oxygen atoms in total. The zero-order valence-corrected chi connectivity index (χ0v) is 26.5. The predicted octanol–water partition coefficient (Wildman–Crippen LogP) is 7.34. The number of anilines is 1. The maximum absolute atomic E-state index is 14.1. The first-order valence-corrected chi connectivity index (χ1v) is 16.2. The largest absolute Gasteiger partial charge is 0.417 e. The molecule has 44 heavy (non-hydrogen) atoms. The molecule has 1 saturated carbocycles. The van der Waals surface area contributed by atoms with Crippen LogP contribution >= 0.6 is 34.8 Å². The lowest BCUT2D eigenvalue weighted by Gasteiger charge is -2.33. The van der Waals surface area contributed by atoms with Crippen LogP contribution in [0.3, 0.4) is 0 Å². The van der Waals surface area contributed by atoms with Gasteiger partial charge in [-0.1, -0.05) is 71.9 Å². The molecule has 0 aromatic heterocycles. The number of nitrogens with one attached hydrogen (secondary N) is 1. The van der Waals surface area contributed by atoms with E-state index in [9.17, 15) is 31.2 Å². The fourth-order valence-electron chi connectivity index (χ4n) is 4.96. The molecule has 1 fully saturated rings. The van der Waals surface area contributed by atoms with Crippen molar-refractivity contribution in [1.29, 1.82) is 0 Å². The highest BCUT2D eigenvalue weighted by Crippen LogP contribution is 2.38. The van der Waals surface area contributed by atoms with E-state index in [1.54, 1.807) is 24.3 Å². The molecule has 0 heterocycles. The van der Waals surface area contributed by atoms with Gasteiger partial charge in [-0.15, -0.1) is 0 Å². The zero-order valence-electron chi connectivity index (χ0n) is 23.5. The number of sulfonamides is 1. The van der Waals surface area contributed by atoms with Crippen molar-refractivity contribution in [3.8, 4) is 0 Å². The van der Waals surface area contributed by atoms with E-state index < -0.39 is 56.9 Å². The Bertz CT molecular complexity index is 1600. The molecular formula is C30H29Cl3F3N3O4S. The van der Waals surface area contributed by atoms with E-state index in [0.717, 1.165) is 42.7 Å². The van der Waals surface area contributed by atoms with Gasteiger partial charge in [0.2, 0.25) is 11.8 Å². The van der Waals surface area contributed by atoms with Gasteiger partial charge in [0.05, 0.1) is 21.2 Å². The highest BCUT2D eigenvalue weighted by molar-refractivity contribution is 7.92. The van der Waals surface area contributed by atoms with E-state index in [2.05, 4.69) is 5.32 Å². The van der Waals surface area contributed by atoms with Gasteiger partial charge in [0, 0.05) is 28.2 Å². The number of alkyl halides is 3. The second-order valence-electron chi connectivity index (χ2n) is 10.4. The fourth-order valence-corrected chi connectivity index (χ4v) is 7.13. The summed E-state index contributed by atoms with van der Waals surface area (Å²) in [5.41, 5.74) is -1.41. The average Bonchev–Trinajstić information content (AvgIpc) is 3.48. The Morgan fingerprint density at radius 2 is 1.55 bits per heavy atom. The summed E-state index contributed by atoms with van der Waals surface area (Å²) in [4.78, 5) is 28.3. The Balaban J connectivity index is 1.77. The minimum absolute atomic E-state index is 0.0735. The van der Waals surface area contributed by atoms with Gasteiger partial charge in [-0.25, -0.2) is 8.42 Å². The van der Waals surface area contributed by atoms with Crippen LogP contribution in [0.4, 0.5) is 18.9 Å². The molecule has 1 aliphatic rings. The van der Waals surface area contributed by atoms with Crippen molar-refractivity contribution in [2.75, 3.05) is 10.8 Å². The fraction of sp³-hybridized carbons (Fsp3) is 0.333. The molecule has 1 aliphatic carbocycles. The second-order valence-corrected chi connectivity index (χ2v) is 13.5. The van der Waals surface area contributed by atoms with Crippen LogP contribution in [0.1, 0.15) is 43.7 Å². The van der Waals surface area contributed by atoms with Crippen LogP contribution in [0.15, 0.2) is 71.6 Å². The smallest absolute Gasteiger partial charge is 0.352 e. The molecule has 3 aromatic carbocycles. The Morgan fingerprint density at radius 3 is 2.14 bits per heavy atom. The van der Waals surface area contributed by atoms with Crippen LogP contribution in [0.5, 0.6) is 0 Å². The number of hydrogen-bond acceptors (Lipinski definition) is 4. The van der Waals surface area contributed by atoms with Gasteiger partial charge in [-0.3, -0.25) is 13.9 Å². The Kier molecular flexibility index (Phi) is 10.8. The zero-order chi connectivity index (χ0) is 32.2. The first kappa shape index (κ1) is 33.9. The molecule has 3 aromatic rings. The number of halogens is 6. The third-order valence-electron chi connectivity index (χ3n) is 7.41. The van der Waals surface area contributed by atoms with Crippen molar-refractivity contribution in [1.82, 2.24) is 10.2 Å². The molecule has 0 saturated heterocycles. The van der Waals surface area contributed by atoms with Crippen molar-refractivity contribution < 1.29 is 31.2 Å². The number of amides is 2. The van der Waals surface area contributed by atoms with Crippen molar-refractivity contribution in [3.05, 3.63) is 92.9 Å². The van der Waals surface area contributed by atoms with Crippen LogP contribution in [0.2, 0.25) is 15.1 Å². The monoisotopic (exact) mass is 689 g/mol. The van der Waals surface area contributed by atoms with Gasteiger partial charge in [-0.05, 0) is 62.2 Å². The number of rotatable bonds is 10. The maximum Gasteiger partial charge on any atom is 0.417 e. The van der Waals surface area contributed by atoms with Gasteiger partial charge in [0.15, 0.2) is 0 Å². The van der Waals surface area contributed by atoms with E-state index in [1.807, 2.05) is 0 Å². The van der Waals surface area contributed by atoms with Crippen LogP contribution in [-0.2, 0) is 32.3 Å². The number of carbonyl (C=O) groups excluding carboxylic acids is 2. The van der Waals surface area contributed by atoms with E-state index in [0.29, 0.717) is 15.9 Å². The summed E-state index contributed by atoms with van der Waals surface area (Å²) >= 11 is 18.6. The number of benzene rings is 3. The molecule has 0 bridgehead atoms. The summed E-state index contributed by atoms with van der Waals surface area (Å²) < 4.78 is 69.6. The Labute approximate surface area is 268 Å². The van der Waals surface area contributed by atoms with Crippen molar-refractivity contribution in [2.45, 2.75) is 62.3 Å². The standard InChI is InChI=1S/C30H29Cl3F3N3O4S/c1-19(29(41)37-20-8-5-6-9-20)38(17-23-25(31)12-7-13-26(23)32)28(40)18-39(44(42,43)22-10-3-2-4-11-22)21-14-15-27(33)24(16-21)30(34,35)36/h2-4,7,10-16,19-20H,5-6,8-9,17-18H2,1H3,(H,37,41)/t19-/m0/s1. The lowest BCUT2D eigenvalue weighted by atomic mass is 10.1. The molecule has 1 N–H and O–H groups in total. The quantitative estimate of drug-likeness (QED) is 0.241. The summed E-state index contributed by atoms with van der Waals surface area (Å²) in [6, 6.07) is 13.0.